The number of rotatable bonds is 3. The summed E-state index contributed by atoms with van der Waals surface area (Å²) in [5.74, 6) is 0.474. The van der Waals surface area contributed by atoms with Gasteiger partial charge in [-0.3, -0.25) is 4.79 Å². The fourth-order valence-corrected chi connectivity index (χ4v) is 2.09. The Morgan fingerprint density at radius 2 is 1.95 bits per heavy atom. The fourth-order valence-electron chi connectivity index (χ4n) is 1.73. The quantitative estimate of drug-likeness (QED) is 0.697. The summed E-state index contributed by atoms with van der Waals surface area (Å²) in [6.07, 6.45) is 4.59. The van der Waals surface area contributed by atoms with Crippen molar-refractivity contribution in [3.8, 4) is 5.82 Å². The highest BCUT2D eigenvalue weighted by Gasteiger charge is 2.06. The third-order valence-corrected chi connectivity index (χ3v) is 3.48. The topological polar surface area (TPSA) is 72.7 Å². The van der Waals surface area contributed by atoms with Gasteiger partial charge in [-0.25, -0.2) is 14.6 Å². The van der Waals surface area contributed by atoms with Crippen molar-refractivity contribution in [2.45, 2.75) is 0 Å². The first kappa shape index (κ1) is 13.7. The van der Waals surface area contributed by atoms with Crippen molar-refractivity contribution in [3.05, 3.63) is 64.4 Å². The molecule has 2 heterocycles. The van der Waals surface area contributed by atoms with Gasteiger partial charge in [-0.05, 0) is 59.0 Å². The lowest BCUT2D eigenvalue weighted by molar-refractivity contribution is 0.102. The van der Waals surface area contributed by atoms with Crippen molar-refractivity contribution < 1.29 is 4.79 Å². The summed E-state index contributed by atoms with van der Waals surface area (Å²) < 4.78 is 2.63. The second kappa shape index (κ2) is 6.00. The molecule has 3 rings (SSSR count). The average Bonchev–Trinajstić information content (AvgIpc) is 3.03. The fraction of sp³-hybridized carbons (Fsp3) is 0. The SMILES string of the molecule is O=C(Nc1ccc(-n2cncn2)nc1)c1ccc(I)cc1. The molecule has 0 radical (unpaired) electrons. The number of benzene rings is 1. The number of halogens is 1. The molecule has 7 heteroatoms. The van der Waals surface area contributed by atoms with E-state index in [2.05, 4.69) is 43.0 Å². The van der Waals surface area contributed by atoms with Gasteiger partial charge in [-0.15, -0.1) is 0 Å². The van der Waals surface area contributed by atoms with Gasteiger partial charge in [0, 0.05) is 9.13 Å². The van der Waals surface area contributed by atoms with E-state index in [-0.39, 0.29) is 5.91 Å². The lowest BCUT2D eigenvalue weighted by Crippen LogP contribution is -2.12. The molecular formula is C14H10IN5O. The number of aromatic nitrogens is 4. The minimum atomic E-state index is -0.165. The molecule has 2 aromatic heterocycles. The molecule has 0 aliphatic heterocycles. The van der Waals surface area contributed by atoms with Crippen LogP contribution in [0.1, 0.15) is 10.4 Å². The molecule has 0 aliphatic carbocycles. The van der Waals surface area contributed by atoms with Gasteiger partial charge in [0.2, 0.25) is 0 Å². The molecule has 0 aliphatic rings. The van der Waals surface area contributed by atoms with E-state index in [0.717, 1.165) is 3.57 Å². The maximum atomic E-state index is 12.1. The van der Waals surface area contributed by atoms with Gasteiger partial charge in [0.25, 0.3) is 5.91 Å². The smallest absolute Gasteiger partial charge is 0.255 e. The van der Waals surface area contributed by atoms with Crippen LogP contribution in [0, 0.1) is 3.57 Å². The second-order valence-corrected chi connectivity index (χ2v) is 5.45. The van der Waals surface area contributed by atoms with Crippen LogP contribution in [0.3, 0.4) is 0 Å². The summed E-state index contributed by atoms with van der Waals surface area (Å²) in [5, 5.41) is 6.79. The van der Waals surface area contributed by atoms with E-state index in [1.807, 2.05) is 12.1 Å². The zero-order valence-electron chi connectivity index (χ0n) is 10.8. The minimum Gasteiger partial charge on any atom is -0.321 e. The Balaban J connectivity index is 1.73. The minimum absolute atomic E-state index is 0.165. The van der Waals surface area contributed by atoms with Crippen LogP contribution >= 0.6 is 22.6 Å². The number of hydrogen-bond donors (Lipinski definition) is 1. The van der Waals surface area contributed by atoms with Crippen LogP contribution in [0.5, 0.6) is 0 Å². The Bertz CT molecular complexity index is 738. The first-order chi connectivity index (χ1) is 10.2. The molecule has 3 aromatic rings. The molecule has 0 fully saturated rings. The summed E-state index contributed by atoms with van der Waals surface area (Å²) in [7, 11) is 0. The van der Waals surface area contributed by atoms with Crippen LogP contribution in [0.2, 0.25) is 0 Å². The molecule has 1 amide bonds. The number of carbonyl (C=O) groups excluding carboxylic acids is 1. The molecule has 0 saturated heterocycles. The molecule has 0 spiro atoms. The van der Waals surface area contributed by atoms with Crippen LogP contribution in [0.4, 0.5) is 5.69 Å². The van der Waals surface area contributed by atoms with Gasteiger partial charge in [-0.1, -0.05) is 0 Å². The van der Waals surface area contributed by atoms with E-state index in [4.69, 9.17) is 0 Å². The van der Waals surface area contributed by atoms with Crippen molar-refractivity contribution in [3.63, 3.8) is 0 Å². The zero-order chi connectivity index (χ0) is 14.7. The number of amides is 1. The molecule has 6 nitrogen and oxygen atoms in total. The van der Waals surface area contributed by atoms with E-state index in [0.29, 0.717) is 17.1 Å². The first-order valence-corrected chi connectivity index (χ1v) is 7.18. The van der Waals surface area contributed by atoms with E-state index < -0.39 is 0 Å². The van der Waals surface area contributed by atoms with Gasteiger partial charge in [0.05, 0.1) is 11.9 Å². The Morgan fingerprint density at radius 1 is 1.14 bits per heavy atom. The molecule has 0 bridgehead atoms. The van der Waals surface area contributed by atoms with Gasteiger partial charge >= 0.3 is 0 Å². The summed E-state index contributed by atoms with van der Waals surface area (Å²) in [5.41, 5.74) is 1.23. The van der Waals surface area contributed by atoms with Crippen LogP contribution in [0.15, 0.2) is 55.2 Å². The maximum Gasteiger partial charge on any atom is 0.255 e. The largest absolute Gasteiger partial charge is 0.321 e. The molecule has 1 N–H and O–H groups in total. The highest BCUT2D eigenvalue weighted by Crippen LogP contribution is 2.12. The van der Waals surface area contributed by atoms with Crippen molar-refractivity contribution in [1.82, 2.24) is 19.7 Å². The second-order valence-electron chi connectivity index (χ2n) is 4.21. The lowest BCUT2D eigenvalue weighted by atomic mass is 10.2. The van der Waals surface area contributed by atoms with E-state index in [1.54, 1.807) is 41.5 Å². The van der Waals surface area contributed by atoms with Gasteiger partial charge < -0.3 is 5.32 Å². The predicted octanol–water partition coefficient (Wildman–Crippen LogP) is 2.52. The third-order valence-electron chi connectivity index (χ3n) is 2.77. The highest BCUT2D eigenvalue weighted by atomic mass is 127. The molecule has 1 aromatic carbocycles. The van der Waals surface area contributed by atoms with Crippen LogP contribution < -0.4 is 5.32 Å². The normalized spacial score (nSPS) is 10.3. The van der Waals surface area contributed by atoms with Crippen molar-refractivity contribution in [2.24, 2.45) is 0 Å². The Kier molecular flexibility index (Phi) is 3.91. The monoisotopic (exact) mass is 391 g/mol. The molecular weight excluding hydrogens is 381 g/mol. The van der Waals surface area contributed by atoms with Gasteiger partial charge in [0.1, 0.15) is 12.7 Å². The van der Waals surface area contributed by atoms with Crippen molar-refractivity contribution in [2.75, 3.05) is 5.32 Å². The summed E-state index contributed by atoms with van der Waals surface area (Å²) in [4.78, 5) is 20.2. The number of pyridine rings is 1. The molecule has 0 atom stereocenters. The number of nitrogens with zero attached hydrogens (tertiary/aromatic N) is 4. The van der Waals surface area contributed by atoms with Gasteiger partial charge in [0.15, 0.2) is 5.82 Å². The number of hydrogen-bond acceptors (Lipinski definition) is 4. The molecule has 0 unspecified atom stereocenters. The number of carbonyl (C=O) groups is 1. The van der Waals surface area contributed by atoms with Crippen LogP contribution in [-0.2, 0) is 0 Å². The average molecular weight is 391 g/mol. The standard InChI is InChI=1S/C14H10IN5O/c15-11-3-1-10(2-4-11)14(21)19-12-5-6-13(17-7-12)20-9-16-8-18-20/h1-9H,(H,19,21). The maximum absolute atomic E-state index is 12.1. The third kappa shape index (κ3) is 3.24. The van der Waals surface area contributed by atoms with E-state index >= 15 is 0 Å². The molecule has 0 saturated carbocycles. The van der Waals surface area contributed by atoms with E-state index in [1.165, 1.54) is 6.33 Å². The number of anilines is 1. The summed E-state index contributed by atoms with van der Waals surface area (Å²) in [6.45, 7) is 0. The zero-order valence-corrected chi connectivity index (χ0v) is 12.9. The Hall–Kier alpha value is -2.29. The number of nitrogens with one attached hydrogen (secondary N) is 1. The van der Waals surface area contributed by atoms with Crippen LogP contribution in [-0.4, -0.2) is 25.7 Å². The lowest BCUT2D eigenvalue weighted by Gasteiger charge is -2.06. The van der Waals surface area contributed by atoms with Gasteiger partial charge in [-0.2, -0.15) is 5.10 Å². The molecule has 104 valence electrons. The summed E-state index contributed by atoms with van der Waals surface area (Å²) in [6, 6.07) is 10.9. The van der Waals surface area contributed by atoms with Crippen molar-refractivity contribution >= 4 is 34.2 Å². The Labute approximate surface area is 134 Å². The van der Waals surface area contributed by atoms with E-state index in [9.17, 15) is 4.79 Å². The van der Waals surface area contributed by atoms with Crippen molar-refractivity contribution in [1.29, 1.82) is 0 Å². The summed E-state index contributed by atoms with van der Waals surface area (Å²) >= 11 is 2.20. The first-order valence-electron chi connectivity index (χ1n) is 6.10. The predicted molar refractivity (Wildman–Crippen MR) is 86.3 cm³/mol. The van der Waals surface area contributed by atoms with Crippen LogP contribution in [0.25, 0.3) is 5.82 Å². The Morgan fingerprint density at radius 3 is 2.57 bits per heavy atom. The molecule has 21 heavy (non-hydrogen) atoms. The highest BCUT2D eigenvalue weighted by molar-refractivity contribution is 14.1.